The fraction of sp³-hybridized carbons (Fsp3) is 0.478. The lowest BCUT2D eigenvalue weighted by atomic mass is 10.0. The summed E-state index contributed by atoms with van der Waals surface area (Å²) in [6.07, 6.45) is 3.62. The second kappa shape index (κ2) is 10.2. The molecule has 2 aromatic rings. The number of aryl methyl sites for hydroxylation is 1. The Morgan fingerprint density at radius 3 is 2.44 bits per heavy atom. The van der Waals surface area contributed by atoms with Gasteiger partial charge in [0.1, 0.15) is 0 Å². The van der Waals surface area contributed by atoms with Crippen molar-refractivity contribution in [3.05, 3.63) is 65.2 Å². The number of nitrogens with zero attached hydrogens (tertiary/aromatic N) is 1. The first kappa shape index (κ1) is 19.5. The molecule has 136 valence electrons. The summed E-state index contributed by atoms with van der Waals surface area (Å²) in [6, 6.07) is 18.1. The van der Waals surface area contributed by atoms with Crippen molar-refractivity contribution in [1.29, 1.82) is 0 Å². The Kier molecular flexibility index (Phi) is 8.00. The molecular formula is C23H34N2. The van der Waals surface area contributed by atoms with Gasteiger partial charge in [0, 0.05) is 24.8 Å². The standard InChI is InChI=1S/C23H34N2/c1-5-7-16-25(18-21-11-9-8-10-12-21)20(4)22-14-13-19(3)23(17-22)24-15-6-2/h8-14,17,20,24H,5-7,15-16,18H2,1-4H3. The van der Waals surface area contributed by atoms with Gasteiger partial charge in [-0.15, -0.1) is 0 Å². The number of unbranched alkanes of at least 4 members (excludes halogenated alkanes) is 1. The highest BCUT2D eigenvalue weighted by Crippen LogP contribution is 2.27. The molecule has 0 heterocycles. The minimum Gasteiger partial charge on any atom is -0.385 e. The lowest BCUT2D eigenvalue weighted by molar-refractivity contribution is 0.198. The highest BCUT2D eigenvalue weighted by molar-refractivity contribution is 5.53. The Morgan fingerprint density at radius 2 is 1.76 bits per heavy atom. The van der Waals surface area contributed by atoms with E-state index in [0.29, 0.717) is 6.04 Å². The number of rotatable bonds is 10. The topological polar surface area (TPSA) is 15.3 Å². The molecule has 0 fully saturated rings. The molecule has 2 nitrogen and oxygen atoms in total. The van der Waals surface area contributed by atoms with Crippen LogP contribution >= 0.6 is 0 Å². The molecule has 1 atom stereocenters. The summed E-state index contributed by atoms with van der Waals surface area (Å²) in [4.78, 5) is 2.60. The predicted molar refractivity (Wildman–Crippen MR) is 110 cm³/mol. The maximum absolute atomic E-state index is 3.57. The van der Waals surface area contributed by atoms with Gasteiger partial charge in [-0.1, -0.05) is 62.7 Å². The molecule has 2 aromatic carbocycles. The van der Waals surface area contributed by atoms with Crippen LogP contribution in [0.15, 0.2) is 48.5 Å². The zero-order valence-electron chi connectivity index (χ0n) is 16.4. The van der Waals surface area contributed by atoms with Crippen LogP contribution in [0.5, 0.6) is 0 Å². The van der Waals surface area contributed by atoms with Crippen LogP contribution < -0.4 is 5.32 Å². The van der Waals surface area contributed by atoms with Crippen LogP contribution in [-0.4, -0.2) is 18.0 Å². The molecule has 0 aliphatic carbocycles. The molecule has 0 saturated carbocycles. The second-order valence-electron chi connectivity index (χ2n) is 6.99. The Hall–Kier alpha value is -1.80. The summed E-state index contributed by atoms with van der Waals surface area (Å²) in [6.45, 7) is 12.2. The zero-order chi connectivity index (χ0) is 18.1. The molecule has 0 saturated heterocycles. The Bertz CT molecular complexity index is 621. The van der Waals surface area contributed by atoms with Crippen molar-refractivity contribution in [2.24, 2.45) is 0 Å². The Balaban J connectivity index is 2.18. The average molecular weight is 339 g/mol. The van der Waals surface area contributed by atoms with E-state index in [1.165, 1.54) is 35.2 Å². The van der Waals surface area contributed by atoms with E-state index >= 15 is 0 Å². The summed E-state index contributed by atoms with van der Waals surface area (Å²) in [7, 11) is 0. The first-order valence-corrected chi connectivity index (χ1v) is 9.78. The Labute approximate surface area is 154 Å². The molecule has 25 heavy (non-hydrogen) atoms. The lowest BCUT2D eigenvalue weighted by Gasteiger charge is -2.30. The second-order valence-corrected chi connectivity index (χ2v) is 6.99. The quantitative estimate of drug-likeness (QED) is 0.556. The van der Waals surface area contributed by atoms with Gasteiger partial charge in [-0.2, -0.15) is 0 Å². The molecule has 2 heteroatoms. The SMILES string of the molecule is CCCCN(Cc1ccccc1)C(C)c1ccc(C)c(NCCC)c1. The van der Waals surface area contributed by atoms with E-state index in [0.717, 1.165) is 26.1 Å². The van der Waals surface area contributed by atoms with Gasteiger partial charge in [-0.25, -0.2) is 0 Å². The van der Waals surface area contributed by atoms with Gasteiger partial charge in [-0.3, -0.25) is 4.90 Å². The molecule has 0 aliphatic heterocycles. The van der Waals surface area contributed by atoms with E-state index in [-0.39, 0.29) is 0 Å². The molecule has 0 aromatic heterocycles. The normalized spacial score (nSPS) is 12.4. The van der Waals surface area contributed by atoms with Crippen LogP contribution in [0.4, 0.5) is 5.69 Å². The van der Waals surface area contributed by atoms with Crippen molar-refractivity contribution in [3.8, 4) is 0 Å². The van der Waals surface area contributed by atoms with Crippen LogP contribution in [0.2, 0.25) is 0 Å². The predicted octanol–water partition coefficient (Wildman–Crippen LogP) is 6.18. The average Bonchev–Trinajstić information content (AvgIpc) is 2.64. The monoisotopic (exact) mass is 338 g/mol. The van der Waals surface area contributed by atoms with Crippen molar-refractivity contribution in [2.45, 2.75) is 59.5 Å². The van der Waals surface area contributed by atoms with Crippen molar-refractivity contribution in [1.82, 2.24) is 4.90 Å². The number of hydrogen-bond acceptors (Lipinski definition) is 2. The summed E-state index contributed by atoms with van der Waals surface area (Å²) < 4.78 is 0. The van der Waals surface area contributed by atoms with Gasteiger partial charge in [0.05, 0.1) is 0 Å². The van der Waals surface area contributed by atoms with E-state index < -0.39 is 0 Å². The van der Waals surface area contributed by atoms with Crippen LogP contribution in [-0.2, 0) is 6.54 Å². The molecule has 2 rings (SSSR count). The lowest BCUT2D eigenvalue weighted by Crippen LogP contribution is -2.28. The summed E-state index contributed by atoms with van der Waals surface area (Å²) in [5.74, 6) is 0. The molecule has 0 amide bonds. The van der Waals surface area contributed by atoms with Crippen molar-refractivity contribution in [3.63, 3.8) is 0 Å². The van der Waals surface area contributed by atoms with Crippen molar-refractivity contribution >= 4 is 5.69 Å². The fourth-order valence-corrected chi connectivity index (χ4v) is 3.15. The number of nitrogens with one attached hydrogen (secondary N) is 1. The molecular weight excluding hydrogens is 304 g/mol. The Morgan fingerprint density at radius 1 is 1.00 bits per heavy atom. The van der Waals surface area contributed by atoms with Gasteiger partial charge in [0.15, 0.2) is 0 Å². The molecule has 0 aliphatic rings. The summed E-state index contributed by atoms with van der Waals surface area (Å²) >= 11 is 0. The third-order valence-corrected chi connectivity index (χ3v) is 4.88. The first-order chi connectivity index (χ1) is 12.2. The molecule has 1 unspecified atom stereocenters. The van der Waals surface area contributed by atoms with E-state index in [9.17, 15) is 0 Å². The molecule has 0 radical (unpaired) electrons. The van der Waals surface area contributed by atoms with Crippen LogP contribution in [0.25, 0.3) is 0 Å². The van der Waals surface area contributed by atoms with E-state index in [1.807, 2.05) is 0 Å². The number of anilines is 1. The van der Waals surface area contributed by atoms with Gasteiger partial charge < -0.3 is 5.32 Å². The summed E-state index contributed by atoms with van der Waals surface area (Å²) in [5, 5.41) is 3.57. The maximum Gasteiger partial charge on any atom is 0.0373 e. The highest BCUT2D eigenvalue weighted by atomic mass is 15.1. The summed E-state index contributed by atoms with van der Waals surface area (Å²) in [5.41, 5.74) is 5.40. The fourth-order valence-electron chi connectivity index (χ4n) is 3.15. The van der Waals surface area contributed by atoms with E-state index in [1.54, 1.807) is 0 Å². The molecule has 1 N–H and O–H groups in total. The van der Waals surface area contributed by atoms with Crippen LogP contribution in [0, 0.1) is 6.92 Å². The third kappa shape index (κ3) is 5.89. The smallest absolute Gasteiger partial charge is 0.0373 e. The first-order valence-electron chi connectivity index (χ1n) is 9.78. The number of hydrogen-bond donors (Lipinski definition) is 1. The van der Waals surface area contributed by atoms with E-state index in [2.05, 4.69) is 86.4 Å². The molecule has 0 spiro atoms. The third-order valence-electron chi connectivity index (χ3n) is 4.88. The molecule has 0 bridgehead atoms. The van der Waals surface area contributed by atoms with Gasteiger partial charge in [0.2, 0.25) is 0 Å². The van der Waals surface area contributed by atoms with Crippen molar-refractivity contribution < 1.29 is 0 Å². The maximum atomic E-state index is 3.57. The number of benzene rings is 2. The van der Waals surface area contributed by atoms with Crippen LogP contribution in [0.3, 0.4) is 0 Å². The van der Waals surface area contributed by atoms with Crippen LogP contribution in [0.1, 0.15) is 62.8 Å². The van der Waals surface area contributed by atoms with Gasteiger partial charge in [0.25, 0.3) is 0 Å². The minimum atomic E-state index is 0.412. The van der Waals surface area contributed by atoms with E-state index in [4.69, 9.17) is 0 Å². The van der Waals surface area contributed by atoms with Gasteiger partial charge in [-0.05, 0) is 56.0 Å². The zero-order valence-corrected chi connectivity index (χ0v) is 16.4. The highest BCUT2D eigenvalue weighted by Gasteiger charge is 2.16. The minimum absolute atomic E-state index is 0.412. The van der Waals surface area contributed by atoms with Crippen molar-refractivity contribution in [2.75, 3.05) is 18.4 Å². The largest absolute Gasteiger partial charge is 0.385 e. The van der Waals surface area contributed by atoms with Gasteiger partial charge >= 0.3 is 0 Å².